The summed E-state index contributed by atoms with van der Waals surface area (Å²) < 4.78 is 0. The Morgan fingerprint density at radius 1 is 1.67 bits per heavy atom. The van der Waals surface area contributed by atoms with E-state index in [-0.39, 0.29) is 5.57 Å². The topological polar surface area (TPSA) is 99.1 Å². The van der Waals surface area contributed by atoms with Crippen molar-refractivity contribution in [3.63, 3.8) is 0 Å². The van der Waals surface area contributed by atoms with Crippen molar-refractivity contribution >= 4 is 5.97 Å². The molecule has 0 bridgehead atoms. The third-order valence-corrected chi connectivity index (χ3v) is 0.365. The summed E-state index contributed by atoms with van der Waals surface area (Å²) in [5, 5.41) is 7.89. The minimum Gasteiger partial charge on any atom is -0.478 e. The molecule has 3 N–H and O–H groups in total. The molecular formula is C4H8N3O2+. The number of carboxylic acids is 1. The Bertz CT molecular complexity index is 134. The van der Waals surface area contributed by atoms with Crippen molar-refractivity contribution in [1.29, 1.82) is 11.1 Å². The van der Waals surface area contributed by atoms with Crippen LogP contribution in [-0.2, 0) is 4.79 Å². The molecule has 0 aliphatic rings. The highest BCUT2D eigenvalue weighted by atomic mass is 16.4. The van der Waals surface area contributed by atoms with Crippen molar-refractivity contribution in [2.24, 2.45) is 0 Å². The average molecular weight is 130 g/mol. The zero-order chi connectivity index (χ0) is 7.86. The lowest BCUT2D eigenvalue weighted by Gasteiger charge is -1.79. The molecule has 0 spiro atoms. The summed E-state index contributed by atoms with van der Waals surface area (Å²) >= 11 is 0. The fraction of sp³-hybridized carbons (Fsp3) is 0.250. The van der Waals surface area contributed by atoms with Crippen LogP contribution in [0.15, 0.2) is 12.2 Å². The number of nitrogens with one attached hydrogen (secondary N) is 2. The van der Waals surface area contributed by atoms with Crippen molar-refractivity contribution in [2.45, 2.75) is 6.92 Å². The molecule has 0 saturated carbocycles. The van der Waals surface area contributed by atoms with Gasteiger partial charge in [0.2, 0.25) is 4.91 Å². The molecular weight excluding hydrogens is 122 g/mol. The zero-order valence-corrected chi connectivity index (χ0v) is 5.01. The van der Waals surface area contributed by atoms with Gasteiger partial charge >= 0.3 is 5.97 Å². The van der Waals surface area contributed by atoms with Crippen LogP contribution in [-0.4, -0.2) is 11.1 Å². The SMILES string of the molecule is C=C(C)C(=O)O.N=[N+]=N. The van der Waals surface area contributed by atoms with Gasteiger partial charge in [0, 0.05) is 5.57 Å². The van der Waals surface area contributed by atoms with Crippen LogP contribution in [0.1, 0.15) is 6.92 Å². The second-order valence-corrected chi connectivity index (χ2v) is 1.20. The minimum atomic E-state index is -0.935. The van der Waals surface area contributed by atoms with Gasteiger partial charge in [-0.3, -0.25) is 0 Å². The Morgan fingerprint density at radius 2 is 1.78 bits per heavy atom. The highest BCUT2D eigenvalue weighted by Gasteiger charge is 1.90. The van der Waals surface area contributed by atoms with E-state index in [1.54, 1.807) is 0 Å². The van der Waals surface area contributed by atoms with Gasteiger partial charge in [-0.2, -0.15) is 0 Å². The third kappa shape index (κ3) is 21.0. The van der Waals surface area contributed by atoms with E-state index in [0.717, 1.165) is 0 Å². The lowest BCUT2D eigenvalue weighted by molar-refractivity contribution is -0.132. The Hall–Kier alpha value is -1.48. The van der Waals surface area contributed by atoms with E-state index in [2.05, 4.69) is 6.58 Å². The molecule has 0 atom stereocenters. The van der Waals surface area contributed by atoms with Crippen LogP contribution < -0.4 is 4.91 Å². The Morgan fingerprint density at radius 3 is 1.78 bits per heavy atom. The van der Waals surface area contributed by atoms with E-state index in [9.17, 15) is 4.79 Å². The molecule has 5 heteroatoms. The van der Waals surface area contributed by atoms with Crippen LogP contribution in [0.2, 0.25) is 0 Å². The fourth-order valence-corrected chi connectivity index (χ4v) is 0. The second-order valence-electron chi connectivity index (χ2n) is 1.20. The maximum atomic E-state index is 9.60. The van der Waals surface area contributed by atoms with Gasteiger partial charge in [0.15, 0.2) is 0 Å². The van der Waals surface area contributed by atoms with E-state index >= 15 is 0 Å². The van der Waals surface area contributed by atoms with Crippen LogP contribution in [0.4, 0.5) is 0 Å². The zero-order valence-electron chi connectivity index (χ0n) is 5.01. The van der Waals surface area contributed by atoms with E-state index in [1.807, 2.05) is 4.91 Å². The molecule has 0 fully saturated rings. The molecule has 0 saturated heterocycles. The van der Waals surface area contributed by atoms with Gasteiger partial charge in [0.1, 0.15) is 11.1 Å². The third-order valence-electron chi connectivity index (χ3n) is 0.365. The van der Waals surface area contributed by atoms with Crippen molar-refractivity contribution in [2.75, 3.05) is 0 Å². The monoisotopic (exact) mass is 130 g/mol. The first-order valence-corrected chi connectivity index (χ1v) is 1.98. The van der Waals surface area contributed by atoms with Gasteiger partial charge < -0.3 is 5.11 Å². The smallest absolute Gasteiger partial charge is 0.330 e. The van der Waals surface area contributed by atoms with Crippen molar-refractivity contribution < 1.29 is 9.90 Å². The molecule has 0 rings (SSSR count). The van der Waals surface area contributed by atoms with E-state index in [1.165, 1.54) is 6.92 Å². The molecule has 9 heavy (non-hydrogen) atoms. The highest BCUT2D eigenvalue weighted by Crippen LogP contribution is 1.81. The highest BCUT2D eigenvalue weighted by molar-refractivity contribution is 5.84. The fourth-order valence-electron chi connectivity index (χ4n) is 0. The molecule has 0 amide bonds. The predicted molar refractivity (Wildman–Crippen MR) is 30.0 cm³/mol. The summed E-state index contributed by atoms with van der Waals surface area (Å²) in [5.41, 5.74) is 11.2. The predicted octanol–water partition coefficient (Wildman–Crippen LogP) is 0.763. The summed E-state index contributed by atoms with van der Waals surface area (Å²) in [6.07, 6.45) is 0. The molecule has 0 aliphatic heterocycles. The van der Waals surface area contributed by atoms with E-state index in [4.69, 9.17) is 16.2 Å². The Balaban J connectivity index is 0. The quantitative estimate of drug-likeness (QED) is 0.277. The maximum Gasteiger partial charge on any atom is 0.330 e. The lowest BCUT2D eigenvalue weighted by Crippen LogP contribution is -1.92. The van der Waals surface area contributed by atoms with Gasteiger partial charge in [-0.15, -0.1) is 0 Å². The van der Waals surface area contributed by atoms with Crippen LogP contribution in [0.3, 0.4) is 0 Å². The molecule has 0 heterocycles. The number of hydrogen-bond acceptors (Lipinski definition) is 3. The summed E-state index contributed by atoms with van der Waals surface area (Å²) in [6.45, 7) is 4.60. The molecule has 5 nitrogen and oxygen atoms in total. The Kier molecular flexibility index (Phi) is 7.60. The Labute approximate surface area is 52.0 Å². The molecule has 0 aromatic heterocycles. The molecule has 0 aromatic carbocycles. The molecule has 0 aliphatic carbocycles. The molecule has 0 unspecified atom stereocenters. The number of hydrogen-bond donors (Lipinski definition) is 3. The van der Waals surface area contributed by atoms with Crippen molar-refractivity contribution in [3.8, 4) is 0 Å². The van der Waals surface area contributed by atoms with E-state index in [0.29, 0.717) is 0 Å². The van der Waals surface area contributed by atoms with Crippen LogP contribution in [0.5, 0.6) is 0 Å². The first-order valence-electron chi connectivity index (χ1n) is 1.98. The average Bonchev–Trinajstić information content (AvgIpc) is 1.68. The molecule has 50 valence electrons. The first-order chi connectivity index (χ1) is 4.06. The second kappa shape index (κ2) is 6.52. The van der Waals surface area contributed by atoms with Gasteiger partial charge in [0.05, 0.1) is 0 Å². The number of rotatable bonds is 1. The van der Waals surface area contributed by atoms with Gasteiger partial charge in [0.25, 0.3) is 0 Å². The van der Waals surface area contributed by atoms with Crippen molar-refractivity contribution in [3.05, 3.63) is 12.2 Å². The van der Waals surface area contributed by atoms with E-state index < -0.39 is 5.97 Å². The number of carboxylic acid groups (broad SMARTS) is 1. The number of aliphatic carboxylic acids is 1. The maximum absolute atomic E-state index is 9.60. The summed E-state index contributed by atoms with van der Waals surface area (Å²) in [5.74, 6) is -0.935. The van der Waals surface area contributed by atoms with Crippen LogP contribution in [0, 0.1) is 11.1 Å². The summed E-state index contributed by atoms with van der Waals surface area (Å²) in [4.78, 5) is 11.6. The van der Waals surface area contributed by atoms with Crippen LogP contribution >= 0.6 is 0 Å². The first kappa shape index (κ1) is 10.5. The summed E-state index contributed by atoms with van der Waals surface area (Å²) in [6, 6.07) is 0. The normalized spacial score (nSPS) is 5.89. The van der Waals surface area contributed by atoms with Gasteiger partial charge in [-0.1, -0.05) is 6.58 Å². The lowest BCUT2D eigenvalue weighted by atomic mass is 10.4. The number of carbonyl (C=O) groups is 1. The summed E-state index contributed by atoms with van der Waals surface area (Å²) in [7, 11) is 0. The van der Waals surface area contributed by atoms with Gasteiger partial charge in [-0.05, 0) is 6.92 Å². The standard InChI is InChI=1S/C4H6O2.H2N3/c1-3(2)4(5)6;1-3-2/h1H2,2H3,(H,5,6);1-2H/q;+1. The largest absolute Gasteiger partial charge is 0.478 e. The van der Waals surface area contributed by atoms with Crippen LogP contribution in [0.25, 0.3) is 0 Å². The van der Waals surface area contributed by atoms with Gasteiger partial charge in [-0.25, -0.2) is 4.79 Å². The molecule has 0 radical (unpaired) electrons. The molecule has 0 aromatic rings. The van der Waals surface area contributed by atoms with Crippen molar-refractivity contribution in [1.82, 2.24) is 4.91 Å². The number of nitrogens with zero attached hydrogens (tertiary/aromatic N) is 1. The minimum absolute atomic E-state index is 0.176.